The Labute approximate surface area is 147 Å². The quantitative estimate of drug-likeness (QED) is 0.853. The number of benzene rings is 1. The lowest BCUT2D eigenvalue weighted by atomic mass is 9.88. The molecule has 0 spiro atoms. The van der Waals surface area contributed by atoms with Crippen molar-refractivity contribution in [2.24, 2.45) is 0 Å². The first-order valence-corrected chi connectivity index (χ1v) is 8.65. The number of carbonyl (C=O) groups excluding carboxylic acids is 1. The van der Waals surface area contributed by atoms with Gasteiger partial charge in [-0.05, 0) is 38.5 Å². The summed E-state index contributed by atoms with van der Waals surface area (Å²) >= 11 is 6.06. The van der Waals surface area contributed by atoms with Gasteiger partial charge in [-0.15, -0.1) is 0 Å². The molecular formula is C18H23ClN4O. The van der Waals surface area contributed by atoms with Crippen molar-refractivity contribution in [2.75, 3.05) is 7.05 Å². The van der Waals surface area contributed by atoms with Crippen molar-refractivity contribution in [2.45, 2.75) is 51.6 Å². The van der Waals surface area contributed by atoms with E-state index in [0.717, 1.165) is 23.8 Å². The molecule has 128 valence electrons. The van der Waals surface area contributed by atoms with E-state index < -0.39 is 0 Å². The molecular weight excluding hydrogens is 324 g/mol. The number of halogens is 1. The van der Waals surface area contributed by atoms with Gasteiger partial charge in [-0.25, -0.2) is 9.67 Å². The van der Waals surface area contributed by atoms with Crippen LogP contribution in [0.25, 0.3) is 0 Å². The predicted octanol–water partition coefficient (Wildman–Crippen LogP) is 3.27. The normalized spacial score (nSPS) is 20.0. The fourth-order valence-electron chi connectivity index (χ4n) is 3.32. The van der Waals surface area contributed by atoms with Crippen LogP contribution < -0.4 is 0 Å². The Morgan fingerprint density at radius 3 is 2.71 bits per heavy atom. The second-order valence-corrected chi connectivity index (χ2v) is 7.31. The summed E-state index contributed by atoms with van der Waals surface area (Å²) in [5, 5.41) is 5.36. The van der Waals surface area contributed by atoms with E-state index in [2.05, 4.69) is 25.9 Å². The summed E-state index contributed by atoms with van der Waals surface area (Å²) in [7, 11) is 1.86. The molecule has 1 unspecified atom stereocenters. The third-order valence-corrected chi connectivity index (χ3v) is 5.31. The summed E-state index contributed by atoms with van der Waals surface area (Å²) in [6, 6.07) is 7.75. The van der Waals surface area contributed by atoms with Crippen LogP contribution in [0.15, 0.2) is 24.3 Å². The van der Waals surface area contributed by atoms with E-state index in [9.17, 15) is 4.79 Å². The molecule has 0 aliphatic carbocycles. The minimum Gasteiger partial charge on any atom is -0.340 e. The van der Waals surface area contributed by atoms with Gasteiger partial charge in [-0.1, -0.05) is 23.7 Å². The van der Waals surface area contributed by atoms with Gasteiger partial charge in [0.05, 0.1) is 5.92 Å². The van der Waals surface area contributed by atoms with E-state index in [0.29, 0.717) is 17.9 Å². The molecule has 5 nitrogen and oxygen atoms in total. The van der Waals surface area contributed by atoms with Crippen LogP contribution in [-0.4, -0.2) is 38.2 Å². The van der Waals surface area contributed by atoms with Crippen LogP contribution in [0.4, 0.5) is 0 Å². The summed E-state index contributed by atoms with van der Waals surface area (Å²) in [6.07, 6.45) is 1.12. The van der Waals surface area contributed by atoms with Crippen LogP contribution in [0.3, 0.4) is 0 Å². The van der Waals surface area contributed by atoms with Gasteiger partial charge in [0.2, 0.25) is 5.91 Å². The molecule has 3 rings (SSSR count). The Morgan fingerprint density at radius 1 is 1.38 bits per heavy atom. The Balaban J connectivity index is 1.92. The molecule has 1 amide bonds. The number of hydrogen-bond acceptors (Lipinski definition) is 3. The van der Waals surface area contributed by atoms with Crippen LogP contribution >= 0.6 is 11.6 Å². The van der Waals surface area contributed by atoms with E-state index in [1.807, 2.05) is 40.9 Å². The molecule has 1 aliphatic rings. The largest absolute Gasteiger partial charge is 0.340 e. The van der Waals surface area contributed by atoms with Gasteiger partial charge in [0.15, 0.2) is 5.82 Å². The summed E-state index contributed by atoms with van der Waals surface area (Å²) in [6.45, 7) is 6.97. The summed E-state index contributed by atoms with van der Waals surface area (Å²) in [5.41, 5.74) is 0.825. The standard InChI is InChI=1S/C18H23ClN4O/c1-5-23-17(14-11-16(24)22(4)18(14,2)3)20-15(21-23)10-12-7-6-8-13(19)9-12/h6-9,14H,5,10-11H2,1-4H3. The molecule has 1 aliphatic heterocycles. The van der Waals surface area contributed by atoms with Crippen molar-refractivity contribution in [3.8, 4) is 0 Å². The maximum absolute atomic E-state index is 12.2. The highest BCUT2D eigenvalue weighted by Crippen LogP contribution is 2.40. The fraction of sp³-hybridized carbons (Fsp3) is 0.500. The van der Waals surface area contributed by atoms with E-state index in [4.69, 9.17) is 16.6 Å². The molecule has 0 saturated carbocycles. The Morgan fingerprint density at radius 2 is 2.12 bits per heavy atom. The van der Waals surface area contributed by atoms with Gasteiger partial charge >= 0.3 is 0 Å². The molecule has 2 aromatic rings. The zero-order chi connectivity index (χ0) is 17.5. The van der Waals surface area contributed by atoms with Crippen molar-refractivity contribution < 1.29 is 4.79 Å². The van der Waals surface area contributed by atoms with Crippen molar-refractivity contribution >= 4 is 17.5 Å². The highest BCUT2D eigenvalue weighted by atomic mass is 35.5. The maximum Gasteiger partial charge on any atom is 0.223 e. The van der Waals surface area contributed by atoms with E-state index in [-0.39, 0.29) is 17.4 Å². The van der Waals surface area contributed by atoms with Crippen LogP contribution in [0.1, 0.15) is 50.3 Å². The number of rotatable bonds is 4. The lowest BCUT2D eigenvalue weighted by Gasteiger charge is -2.32. The fourth-order valence-corrected chi connectivity index (χ4v) is 3.53. The molecule has 6 heteroatoms. The molecule has 2 heterocycles. The number of aryl methyl sites for hydroxylation is 1. The van der Waals surface area contributed by atoms with Crippen LogP contribution in [0.2, 0.25) is 5.02 Å². The number of likely N-dealkylation sites (tertiary alicyclic amines) is 1. The topological polar surface area (TPSA) is 51.0 Å². The molecule has 1 aromatic heterocycles. The first-order valence-electron chi connectivity index (χ1n) is 8.27. The van der Waals surface area contributed by atoms with Crippen molar-refractivity contribution in [3.63, 3.8) is 0 Å². The van der Waals surface area contributed by atoms with Gasteiger partial charge in [-0.3, -0.25) is 4.79 Å². The second-order valence-electron chi connectivity index (χ2n) is 6.87. The number of carbonyl (C=O) groups is 1. The average Bonchev–Trinajstić information content (AvgIpc) is 3.01. The zero-order valence-electron chi connectivity index (χ0n) is 14.6. The van der Waals surface area contributed by atoms with Gasteiger partial charge < -0.3 is 4.90 Å². The van der Waals surface area contributed by atoms with Crippen molar-refractivity contribution in [1.82, 2.24) is 19.7 Å². The number of hydrogen-bond donors (Lipinski definition) is 0. The second kappa shape index (κ2) is 6.20. The van der Waals surface area contributed by atoms with Gasteiger partial charge in [0.1, 0.15) is 5.82 Å². The summed E-state index contributed by atoms with van der Waals surface area (Å²) in [5.74, 6) is 1.88. The zero-order valence-corrected chi connectivity index (χ0v) is 15.3. The van der Waals surface area contributed by atoms with E-state index in [1.165, 1.54) is 0 Å². The predicted molar refractivity (Wildman–Crippen MR) is 94.2 cm³/mol. The molecule has 1 saturated heterocycles. The Hall–Kier alpha value is -1.88. The average molecular weight is 347 g/mol. The lowest BCUT2D eigenvalue weighted by molar-refractivity contribution is -0.128. The number of aromatic nitrogens is 3. The molecule has 1 aromatic carbocycles. The molecule has 1 fully saturated rings. The highest BCUT2D eigenvalue weighted by Gasteiger charge is 2.47. The smallest absolute Gasteiger partial charge is 0.223 e. The van der Waals surface area contributed by atoms with Crippen LogP contribution in [-0.2, 0) is 17.8 Å². The monoisotopic (exact) mass is 346 g/mol. The van der Waals surface area contributed by atoms with Crippen LogP contribution in [0, 0.1) is 0 Å². The molecule has 0 radical (unpaired) electrons. The molecule has 1 atom stereocenters. The van der Waals surface area contributed by atoms with E-state index >= 15 is 0 Å². The highest BCUT2D eigenvalue weighted by molar-refractivity contribution is 6.30. The third kappa shape index (κ3) is 2.93. The van der Waals surface area contributed by atoms with Crippen LogP contribution in [0.5, 0.6) is 0 Å². The Bertz CT molecular complexity index is 768. The lowest BCUT2D eigenvalue weighted by Crippen LogP contribution is -2.41. The summed E-state index contributed by atoms with van der Waals surface area (Å²) in [4.78, 5) is 18.8. The third-order valence-electron chi connectivity index (χ3n) is 5.08. The van der Waals surface area contributed by atoms with Gasteiger partial charge in [0.25, 0.3) is 0 Å². The minimum absolute atomic E-state index is 0.0514. The first kappa shape index (κ1) is 17.0. The maximum atomic E-state index is 12.2. The van der Waals surface area contributed by atoms with E-state index in [1.54, 1.807) is 0 Å². The first-order chi connectivity index (χ1) is 11.3. The number of likely N-dealkylation sites (N-methyl/N-ethyl adjacent to an activating group) is 1. The SMILES string of the molecule is CCn1nc(Cc2cccc(Cl)c2)nc1C1CC(=O)N(C)C1(C)C. The Kier molecular flexibility index (Phi) is 4.38. The number of amides is 1. The minimum atomic E-state index is -0.260. The van der Waals surface area contributed by atoms with Crippen molar-refractivity contribution in [1.29, 1.82) is 0 Å². The van der Waals surface area contributed by atoms with Gasteiger partial charge in [-0.2, -0.15) is 5.10 Å². The number of nitrogens with zero attached hydrogens (tertiary/aromatic N) is 4. The molecule has 24 heavy (non-hydrogen) atoms. The van der Waals surface area contributed by atoms with Crippen molar-refractivity contribution in [3.05, 3.63) is 46.5 Å². The summed E-state index contributed by atoms with van der Waals surface area (Å²) < 4.78 is 1.93. The van der Waals surface area contributed by atoms with Gasteiger partial charge in [0, 0.05) is 37.0 Å². The molecule has 0 N–H and O–H groups in total. The molecule has 0 bridgehead atoms.